The van der Waals surface area contributed by atoms with Crippen molar-refractivity contribution in [3.8, 4) is 0 Å². The normalized spacial score (nSPS) is 23.7. The molecule has 0 aliphatic heterocycles. The van der Waals surface area contributed by atoms with Crippen molar-refractivity contribution in [1.29, 1.82) is 0 Å². The van der Waals surface area contributed by atoms with Gasteiger partial charge in [-0.2, -0.15) is 0 Å². The van der Waals surface area contributed by atoms with Gasteiger partial charge < -0.3 is 4.74 Å². The molecule has 5 heteroatoms. The van der Waals surface area contributed by atoms with E-state index in [0.29, 0.717) is 13.0 Å². The van der Waals surface area contributed by atoms with Crippen molar-refractivity contribution in [1.82, 2.24) is 5.48 Å². The summed E-state index contributed by atoms with van der Waals surface area (Å²) in [5.41, 5.74) is 1.90. The number of esters is 1. The van der Waals surface area contributed by atoms with Crippen LogP contribution in [0.15, 0.2) is 30.3 Å². The number of carbonyl (C=O) groups is 2. The lowest BCUT2D eigenvalue weighted by molar-refractivity contribution is -0.152. The summed E-state index contributed by atoms with van der Waals surface area (Å²) in [6.07, 6.45) is 0.440. The molecule has 1 amide bonds. The molecule has 0 spiro atoms. The van der Waals surface area contributed by atoms with Crippen LogP contribution >= 0.6 is 0 Å². The zero-order valence-electron chi connectivity index (χ0n) is 13.5. The van der Waals surface area contributed by atoms with Crippen LogP contribution in [0.3, 0.4) is 0 Å². The minimum absolute atomic E-state index is 0.285. The molecule has 2 atom stereocenters. The molecule has 0 bridgehead atoms. The molecule has 1 aliphatic carbocycles. The molecule has 1 N–H and O–H groups in total. The predicted molar refractivity (Wildman–Crippen MR) is 81.8 cm³/mol. The number of carbonyl (C=O) groups excluding carboxylic acids is 2. The van der Waals surface area contributed by atoms with Crippen LogP contribution in [-0.4, -0.2) is 24.1 Å². The van der Waals surface area contributed by atoms with E-state index in [1.54, 1.807) is 6.92 Å². The summed E-state index contributed by atoms with van der Waals surface area (Å²) >= 11 is 0. The van der Waals surface area contributed by atoms with Crippen LogP contribution in [0.1, 0.15) is 39.7 Å². The fourth-order valence-corrected chi connectivity index (χ4v) is 2.51. The summed E-state index contributed by atoms with van der Waals surface area (Å²) in [5, 5.41) is 0. The number of hydrogen-bond donors (Lipinski definition) is 1. The van der Waals surface area contributed by atoms with Crippen molar-refractivity contribution < 1.29 is 19.2 Å². The first-order chi connectivity index (χ1) is 10.3. The predicted octanol–water partition coefficient (Wildman–Crippen LogP) is 2.35. The van der Waals surface area contributed by atoms with E-state index in [1.807, 2.05) is 51.1 Å². The number of hydrogen-bond acceptors (Lipinski definition) is 4. The average Bonchev–Trinajstić information content (AvgIpc) is 3.22. The molecule has 1 saturated carbocycles. The highest BCUT2D eigenvalue weighted by atomic mass is 16.7. The lowest BCUT2D eigenvalue weighted by Crippen LogP contribution is -2.37. The van der Waals surface area contributed by atoms with Crippen LogP contribution in [0.2, 0.25) is 0 Å². The van der Waals surface area contributed by atoms with E-state index >= 15 is 0 Å². The van der Waals surface area contributed by atoms with Gasteiger partial charge in [0.2, 0.25) is 5.91 Å². The third-order valence-electron chi connectivity index (χ3n) is 3.66. The zero-order chi connectivity index (χ0) is 16.4. The topological polar surface area (TPSA) is 64.6 Å². The Kier molecular flexibility index (Phi) is 4.56. The summed E-state index contributed by atoms with van der Waals surface area (Å²) in [4.78, 5) is 30.0. The Labute approximate surface area is 130 Å². The second-order valence-electron chi connectivity index (χ2n) is 6.50. The minimum atomic E-state index is -0.886. The average molecular weight is 305 g/mol. The van der Waals surface area contributed by atoms with Gasteiger partial charge in [-0.1, -0.05) is 30.3 Å². The Hall–Kier alpha value is -1.88. The highest BCUT2D eigenvalue weighted by Gasteiger charge is 2.65. The molecule has 5 nitrogen and oxygen atoms in total. The number of nitrogens with one attached hydrogen (secondary N) is 1. The number of benzene rings is 1. The van der Waals surface area contributed by atoms with Gasteiger partial charge in [-0.25, -0.2) is 5.48 Å². The molecule has 0 radical (unpaired) electrons. The lowest BCUT2D eigenvalue weighted by atomic mass is 9.93. The third kappa shape index (κ3) is 3.30. The summed E-state index contributed by atoms with van der Waals surface area (Å²) < 4.78 is 5.19. The molecule has 0 unspecified atom stereocenters. The van der Waals surface area contributed by atoms with E-state index in [9.17, 15) is 9.59 Å². The fraction of sp³-hybridized carbons (Fsp3) is 0.529. The van der Waals surface area contributed by atoms with Crippen molar-refractivity contribution in [3.63, 3.8) is 0 Å². The van der Waals surface area contributed by atoms with E-state index < -0.39 is 16.9 Å². The molecule has 0 heterocycles. The second-order valence-corrected chi connectivity index (χ2v) is 6.50. The first kappa shape index (κ1) is 16.5. The Balaban J connectivity index is 2.17. The summed E-state index contributed by atoms with van der Waals surface area (Å²) in [6.45, 7) is 7.58. The number of ether oxygens (including phenoxy) is 1. The quantitative estimate of drug-likeness (QED) is 0.670. The van der Waals surface area contributed by atoms with Crippen LogP contribution in [0, 0.1) is 5.92 Å². The summed E-state index contributed by atoms with van der Waals surface area (Å²) in [7, 11) is 0. The van der Waals surface area contributed by atoms with Gasteiger partial charge >= 0.3 is 5.97 Å². The fourth-order valence-electron chi connectivity index (χ4n) is 2.51. The van der Waals surface area contributed by atoms with Gasteiger partial charge in [0, 0.05) is 0 Å². The second kappa shape index (κ2) is 6.08. The van der Waals surface area contributed by atoms with Crippen molar-refractivity contribution in [2.24, 2.45) is 5.92 Å². The van der Waals surface area contributed by atoms with Crippen molar-refractivity contribution in [2.45, 2.75) is 45.1 Å². The SMILES string of the molecule is CCOC(=O)[C@@]1(c2ccccc2)C[C@@H]1C(=O)NOC(C)(C)C. The van der Waals surface area contributed by atoms with E-state index in [2.05, 4.69) is 5.48 Å². The maximum absolute atomic E-state index is 12.4. The van der Waals surface area contributed by atoms with E-state index in [-0.39, 0.29) is 11.9 Å². The highest BCUT2D eigenvalue weighted by molar-refractivity contribution is 5.97. The van der Waals surface area contributed by atoms with Crippen LogP contribution in [0.5, 0.6) is 0 Å². The van der Waals surface area contributed by atoms with Gasteiger partial charge in [0.05, 0.1) is 18.1 Å². The molecule has 2 rings (SSSR count). The first-order valence-electron chi connectivity index (χ1n) is 7.52. The maximum atomic E-state index is 12.4. The van der Waals surface area contributed by atoms with Gasteiger partial charge in [0.25, 0.3) is 0 Å². The maximum Gasteiger partial charge on any atom is 0.317 e. The monoisotopic (exact) mass is 305 g/mol. The largest absolute Gasteiger partial charge is 0.465 e. The number of amides is 1. The van der Waals surface area contributed by atoms with Gasteiger partial charge in [0.15, 0.2) is 0 Å². The molecular weight excluding hydrogens is 282 g/mol. The standard InChI is InChI=1S/C17H23NO4/c1-5-21-15(20)17(12-9-7-6-8-10-12)11-13(17)14(19)18-22-16(2,3)4/h6-10,13H,5,11H2,1-4H3,(H,18,19)/t13-,17-/m1/s1. The first-order valence-corrected chi connectivity index (χ1v) is 7.52. The van der Waals surface area contributed by atoms with Gasteiger partial charge in [-0.15, -0.1) is 0 Å². The minimum Gasteiger partial charge on any atom is -0.465 e. The van der Waals surface area contributed by atoms with Crippen LogP contribution < -0.4 is 5.48 Å². The molecule has 0 aromatic heterocycles. The van der Waals surface area contributed by atoms with Crippen LogP contribution in [-0.2, 0) is 24.6 Å². The third-order valence-corrected chi connectivity index (χ3v) is 3.66. The molecular formula is C17H23NO4. The molecule has 22 heavy (non-hydrogen) atoms. The lowest BCUT2D eigenvalue weighted by Gasteiger charge is -2.20. The van der Waals surface area contributed by atoms with Gasteiger partial charge in [-0.05, 0) is 39.7 Å². The molecule has 1 aliphatic rings. The van der Waals surface area contributed by atoms with Crippen molar-refractivity contribution in [3.05, 3.63) is 35.9 Å². The van der Waals surface area contributed by atoms with Gasteiger partial charge in [0.1, 0.15) is 5.41 Å². The van der Waals surface area contributed by atoms with Crippen LogP contribution in [0.25, 0.3) is 0 Å². The molecule has 0 saturated heterocycles. The van der Waals surface area contributed by atoms with E-state index in [4.69, 9.17) is 9.57 Å². The molecule has 1 fully saturated rings. The Morgan fingerprint density at radius 2 is 1.91 bits per heavy atom. The molecule has 1 aromatic rings. The van der Waals surface area contributed by atoms with Gasteiger partial charge in [-0.3, -0.25) is 14.4 Å². The summed E-state index contributed by atoms with van der Waals surface area (Å²) in [6, 6.07) is 9.30. The summed E-state index contributed by atoms with van der Waals surface area (Å²) in [5.74, 6) is -1.10. The van der Waals surface area contributed by atoms with Crippen LogP contribution in [0.4, 0.5) is 0 Å². The number of rotatable bonds is 5. The van der Waals surface area contributed by atoms with E-state index in [0.717, 1.165) is 5.56 Å². The van der Waals surface area contributed by atoms with E-state index in [1.165, 1.54) is 0 Å². The Morgan fingerprint density at radius 3 is 2.45 bits per heavy atom. The van der Waals surface area contributed by atoms with Crippen molar-refractivity contribution >= 4 is 11.9 Å². The number of hydroxylamine groups is 1. The zero-order valence-corrected chi connectivity index (χ0v) is 13.5. The smallest absolute Gasteiger partial charge is 0.317 e. The molecule has 1 aromatic carbocycles. The Bertz CT molecular complexity index is 550. The highest BCUT2D eigenvalue weighted by Crippen LogP contribution is 2.55. The Morgan fingerprint density at radius 1 is 1.27 bits per heavy atom. The van der Waals surface area contributed by atoms with Crippen molar-refractivity contribution in [2.75, 3.05) is 6.61 Å². The molecule has 120 valence electrons.